The lowest BCUT2D eigenvalue weighted by Gasteiger charge is -2.34. The second-order valence-electron chi connectivity index (χ2n) is 4.81. The van der Waals surface area contributed by atoms with Crippen LogP contribution in [0.1, 0.15) is 38.3 Å². The molecule has 3 heteroatoms. The lowest BCUT2D eigenvalue weighted by molar-refractivity contribution is 0.421. The molecule has 0 amide bonds. The van der Waals surface area contributed by atoms with E-state index in [-0.39, 0.29) is 0 Å². The maximum atomic E-state index is 5.96. The highest BCUT2D eigenvalue weighted by molar-refractivity contribution is 8.00. The lowest BCUT2D eigenvalue weighted by atomic mass is 9.90. The number of hydrogen-bond donors (Lipinski definition) is 1. The van der Waals surface area contributed by atoms with E-state index < -0.39 is 0 Å². The number of nitrogens with one attached hydrogen (secondary N) is 1. The molecule has 2 rings (SSSR count). The van der Waals surface area contributed by atoms with Gasteiger partial charge in [0.1, 0.15) is 0 Å². The summed E-state index contributed by atoms with van der Waals surface area (Å²) in [5, 5.41) is 4.45. The molecule has 0 aliphatic carbocycles. The molecule has 2 atom stereocenters. The molecule has 0 radical (unpaired) electrons. The van der Waals surface area contributed by atoms with E-state index in [9.17, 15) is 0 Å². The quantitative estimate of drug-likeness (QED) is 0.876. The van der Waals surface area contributed by atoms with Gasteiger partial charge in [-0.3, -0.25) is 0 Å². The highest BCUT2D eigenvalue weighted by Gasteiger charge is 2.38. The Morgan fingerprint density at radius 1 is 1.41 bits per heavy atom. The minimum atomic E-state index is 0.323. The molecule has 1 heterocycles. The molecule has 1 aromatic rings. The fourth-order valence-electron chi connectivity index (χ4n) is 2.57. The van der Waals surface area contributed by atoms with Gasteiger partial charge < -0.3 is 5.32 Å². The van der Waals surface area contributed by atoms with Gasteiger partial charge >= 0.3 is 0 Å². The van der Waals surface area contributed by atoms with Crippen LogP contribution in [0.4, 0.5) is 0 Å². The monoisotopic (exact) mass is 269 g/mol. The molecular formula is C14H20ClNS. The number of thioether (sulfide) groups is 1. The van der Waals surface area contributed by atoms with Crippen LogP contribution in [0.2, 0.25) is 5.02 Å². The summed E-state index contributed by atoms with van der Waals surface area (Å²) in [4.78, 5) is 0. The van der Waals surface area contributed by atoms with Crippen molar-refractivity contribution in [2.24, 2.45) is 0 Å². The minimum absolute atomic E-state index is 0.323. The molecule has 1 nitrogen and oxygen atoms in total. The summed E-state index contributed by atoms with van der Waals surface area (Å²) >= 11 is 8.06. The predicted octanol–water partition coefficient (Wildman–Crippen LogP) is 4.28. The van der Waals surface area contributed by atoms with Crippen LogP contribution in [0.5, 0.6) is 0 Å². The number of rotatable bonds is 4. The van der Waals surface area contributed by atoms with Crippen molar-refractivity contribution in [3.8, 4) is 0 Å². The third-order valence-electron chi connectivity index (χ3n) is 3.47. The van der Waals surface area contributed by atoms with Gasteiger partial charge in [0.25, 0.3) is 0 Å². The average molecular weight is 270 g/mol. The SMILES string of the molecule is CCNC(c1ccc(Cl)cc1)C1(C)CCCS1. The van der Waals surface area contributed by atoms with E-state index in [1.54, 1.807) is 0 Å². The van der Waals surface area contributed by atoms with Gasteiger partial charge in [0.15, 0.2) is 0 Å². The second-order valence-corrected chi connectivity index (χ2v) is 6.87. The van der Waals surface area contributed by atoms with Crippen molar-refractivity contribution in [3.63, 3.8) is 0 Å². The van der Waals surface area contributed by atoms with E-state index in [4.69, 9.17) is 11.6 Å². The summed E-state index contributed by atoms with van der Waals surface area (Å²) in [6, 6.07) is 8.71. The average Bonchev–Trinajstić information content (AvgIpc) is 2.75. The first-order valence-corrected chi connectivity index (χ1v) is 7.65. The fraction of sp³-hybridized carbons (Fsp3) is 0.571. The molecule has 1 aromatic carbocycles. The molecule has 0 spiro atoms. The summed E-state index contributed by atoms with van der Waals surface area (Å²) in [6.45, 7) is 5.56. The normalized spacial score (nSPS) is 26.1. The number of benzene rings is 1. The third-order valence-corrected chi connectivity index (χ3v) is 5.32. The van der Waals surface area contributed by atoms with Crippen LogP contribution in [0.15, 0.2) is 24.3 Å². The Balaban J connectivity index is 2.24. The van der Waals surface area contributed by atoms with Crippen LogP contribution in [0.25, 0.3) is 0 Å². The van der Waals surface area contributed by atoms with Crippen LogP contribution >= 0.6 is 23.4 Å². The molecule has 0 aromatic heterocycles. The molecule has 94 valence electrons. The second kappa shape index (κ2) is 5.64. The van der Waals surface area contributed by atoms with E-state index in [0.29, 0.717) is 10.8 Å². The highest BCUT2D eigenvalue weighted by atomic mass is 35.5. The molecule has 1 fully saturated rings. The Kier molecular flexibility index (Phi) is 4.40. The maximum Gasteiger partial charge on any atom is 0.0466 e. The summed E-state index contributed by atoms with van der Waals surface area (Å²) in [5.41, 5.74) is 1.35. The first-order chi connectivity index (χ1) is 8.15. The van der Waals surface area contributed by atoms with Gasteiger partial charge in [-0.1, -0.05) is 30.7 Å². The Labute approximate surface area is 113 Å². The Morgan fingerprint density at radius 3 is 2.65 bits per heavy atom. The van der Waals surface area contributed by atoms with Crippen LogP contribution in [-0.4, -0.2) is 17.0 Å². The van der Waals surface area contributed by atoms with Gasteiger partial charge in [0.2, 0.25) is 0 Å². The molecule has 17 heavy (non-hydrogen) atoms. The fourth-order valence-corrected chi connectivity index (χ4v) is 4.13. The van der Waals surface area contributed by atoms with Crippen molar-refractivity contribution in [2.45, 2.75) is 37.5 Å². The van der Waals surface area contributed by atoms with E-state index in [1.165, 1.54) is 24.2 Å². The van der Waals surface area contributed by atoms with Gasteiger partial charge in [0.05, 0.1) is 0 Å². The van der Waals surface area contributed by atoms with Crippen LogP contribution in [-0.2, 0) is 0 Å². The maximum absolute atomic E-state index is 5.96. The zero-order valence-corrected chi connectivity index (χ0v) is 12.1. The topological polar surface area (TPSA) is 12.0 Å². The van der Waals surface area contributed by atoms with Gasteiger partial charge in [0, 0.05) is 15.8 Å². The molecular weight excluding hydrogens is 250 g/mol. The van der Waals surface area contributed by atoms with Crippen molar-refractivity contribution in [1.29, 1.82) is 0 Å². The molecule has 1 saturated heterocycles. The summed E-state index contributed by atoms with van der Waals surface area (Å²) < 4.78 is 0.323. The van der Waals surface area contributed by atoms with Gasteiger partial charge in [-0.05, 0) is 49.8 Å². The van der Waals surface area contributed by atoms with Crippen LogP contribution in [0, 0.1) is 0 Å². The Hall–Kier alpha value is -0.180. The summed E-state index contributed by atoms with van der Waals surface area (Å²) in [7, 11) is 0. The number of hydrogen-bond acceptors (Lipinski definition) is 2. The van der Waals surface area contributed by atoms with Crippen molar-refractivity contribution in [3.05, 3.63) is 34.9 Å². The lowest BCUT2D eigenvalue weighted by Crippen LogP contribution is -2.37. The standard InChI is InChI=1S/C14H20ClNS/c1-3-16-13(14(2)9-4-10-17-14)11-5-7-12(15)8-6-11/h5-8,13,16H,3-4,9-10H2,1-2H3. The molecule has 0 bridgehead atoms. The largest absolute Gasteiger partial charge is 0.309 e. The van der Waals surface area contributed by atoms with Crippen LogP contribution < -0.4 is 5.32 Å². The van der Waals surface area contributed by atoms with E-state index >= 15 is 0 Å². The molecule has 1 aliphatic heterocycles. The third kappa shape index (κ3) is 2.98. The van der Waals surface area contributed by atoms with Crippen molar-refractivity contribution in [1.82, 2.24) is 5.32 Å². The van der Waals surface area contributed by atoms with Crippen LogP contribution in [0.3, 0.4) is 0 Å². The first kappa shape index (κ1) is 13.3. The van der Waals surface area contributed by atoms with E-state index in [0.717, 1.165) is 11.6 Å². The van der Waals surface area contributed by atoms with Gasteiger partial charge in [-0.2, -0.15) is 11.8 Å². The first-order valence-electron chi connectivity index (χ1n) is 6.28. The number of halogens is 1. The summed E-state index contributed by atoms with van der Waals surface area (Å²) in [5.74, 6) is 1.28. The highest BCUT2D eigenvalue weighted by Crippen LogP contribution is 2.46. The zero-order valence-electron chi connectivity index (χ0n) is 10.5. The minimum Gasteiger partial charge on any atom is -0.309 e. The molecule has 2 unspecified atom stereocenters. The Bertz CT molecular complexity index is 357. The van der Waals surface area contributed by atoms with Gasteiger partial charge in [-0.15, -0.1) is 0 Å². The summed E-state index contributed by atoms with van der Waals surface area (Å²) in [6.07, 6.45) is 2.62. The predicted molar refractivity (Wildman–Crippen MR) is 78.0 cm³/mol. The van der Waals surface area contributed by atoms with Crippen molar-refractivity contribution < 1.29 is 0 Å². The van der Waals surface area contributed by atoms with Crippen molar-refractivity contribution >= 4 is 23.4 Å². The Morgan fingerprint density at radius 2 is 2.12 bits per heavy atom. The molecule has 1 N–H and O–H groups in total. The van der Waals surface area contributed by atoms with Gasteiger partial charge in [-0.25, -0.2) is 0 Å². The van der Waals surface area contributed by atoms with E-state index in [2.05, 4.69) is 43.1 Å². The molecule has 0 saturated carbocycles. The molecule has 1 aliphatic rings. The van der Waals surface area contributed by atoms with E-state index in [1.807, 2.05) is 12.1 Å². The van der Waals surface area contributed by atoms with Crippen molar-refractivity contribution in [2.75, 3.05) is 12.3 Å². The smallest absolute Gasteiger partial charge is 0.0466 e. The zero-order chi connectivity index (χ0) is 12.3.